The Morgan fingerprint density at radius 1 is 1.29 bits per heavy atom. The van der Waals surface area contributed by atoms with Crippen molar-refractivity contribution in [2.45, 2.75) is 20.1 Å². The number of benzene rings is 1. The maximum absolute atomic E-state index is 5.43. The van der Waals surface area contributed by atoms with Crippen LogP contribution in [0.5, 0.6) is 0 Å². The molecule has 0 spiro atoms. The van der Waals surface area contributed by atoms with Crippen LogP contribution in [0.1, 0.15) is 11.3 Å². The first kappa shape index (κ1) is 8.06. The van der Waals surface area contributed by atoms with Gasteiger partial charge in [0.2, 0.25) is 0 Å². The molecule has 2 heteroatoms. The maximum Gasteiger partial charge on any atom is 0.0869 e. The van der Waals surface area contributed by atoms with Crippen molar-refractivity contribution in [3.05, 3.63) is 35.5 Å². The molecule has 0 saturated heterocycles. The fraction of sp³-hybridized carbons (Fsp3) is 0.333. The molecule has 1 aromatic heterocycles. The van der Waals surface area contributed by atoms with Gasteiger partial charge in [-0.25, -0.2) is 0 Å². The minimum Gasteiger partial charge on any atom is -0.373 e. The number of fused-ring (bicyclic) bond motifs is 3. The lowest BCUT2D eigenvalue weighted by molar-refractivity contribution is 0.0865. The van der Waals surface area contributed by atoms with Crippen molar-refractivity contribution < 1.29 is 4.74 Å². The molecule has 1 aliphatic heterocycles. The van der Waals surface area contributed by atoms with Gasteiger partial charge < -0.3 is 9.30 Å². The van der Waals surface area contributed by atoms with Crippen LogP contribution in [0.25, 0.3) is 10.9 Å². The van der Waals surface area contributed by atoms with Crippen molar-refractivity contribution in [1.29, 1.82) is 0 Å². The molecule has 0 aliphatic carbocycles. The second kappa shape index (κ2) is 2.85. The molecule has 0 bridgehead atoms. The van der Waals surface area contributed by atoms with Crippen LogP contribution in [0.4, 0.5) is 0 Å². The molecule has 1 aromatic carbocycles. The van der Waals surface area contributed by atoms with Gasteiger partial charge in [-0.3, -0.25) is 0 Å². The van der Waals surface area contributed by atoms with Crippen LogP contribution in [-0.2, 0) is 17.9 Å². The first-order valence-electron chi connectivity index (χ1n) is 5.01. The van der Waals surface area contributed by atoms with E-state index in [1.54, 1.807) is 0 Å². The third-order valence-electron chi connectivity index (χ3n) is 2.85. The summed E-state index contributed by atoms with van der Waals surface area (Å²) in [6.45, 7) is 4.72. The van der Waals surface area contributed by atoms with E-state index in [2.05, 4.69) is 35.8 Å². The lowest BCUT2D eigenvalue weighted by atomic mass is 10.2. The van der Waals surface area contributed by atoms with E-state index in [1.807, 2.05) is 0 Å². The number of ether oxygens (including phenoxy) is 1. The normalized spacial score (nSPS) is 15.8. The molecule has 0 unspecified atom stereocenters. The fourth-order valence-electron chi connectivity index (χ4n) is 2.16. The number of aryl methyl sites for hydroxylation is 1. The summed E-state index contributed by atoms with van der Waals surface area (Å²) in [7, 11) is 0. The monoisotopic (exact) mass is 187 g/mol. The van der Waals surface area contributed by atoms with Gasteiger partial charge in [0.15, 0.2) is 0 Å². The topological polar surface area (TPSA) is 14.2 Å². The first-order chi connectivity index (χ1) is 6.84. The van der Waals surface area contributed by atoms with Gasteiger partial charge in [-0.2, -0.15) is 0 Å². The van der Waals surface area contributed by atoms with Crippen LogP contribution in [0.15, 0.2) is 24.3 Å². The predicted octanol–water partition coefficient (Wildman–Crippen LogP) is 2.48. The molecule has 0 atom stereocenters. The van der Waals surface area contributed by atoms with E-state index < -0.39 is 0 Å². The van der Waals surface area contributed by atoms with Crippen molar-refractivity contribution in [1.82, 2.24) is 4.57 Å². The molecule has 3 rings (SSSR count). The molecule has 0 amide bonds. The Bertz CT molecular complexity index is 484. The van der Waals surface area contributed by atoms with Crippen molar-refractivity contribution in [3.8, 4) is 0 Å². The third-order valence-corrected chi connectivity index (χ3v) is 2.85. The van der Waals surface area contributed by atoms with Crippen LogP contribution in [0, 0.1) is 6.92 Å². The second-order valence-electron chi connectivity index (χ2n) is 3.90. The highest BCUT2D eigenvalue weighted by molar-refractivity contribution is 5.82. The van der Waals surface area contributed by atoms with Crippen LogP contribution in [0.3, 0.4) is 0 Å². The molecule has 14 heavy (non-hydrogen) atoms. The number of nitrogens with zero attached hydrogens (tertiary/aromatic N) is 1. The van der Waals surface area contributed by atoms with Crippen LogP contribution >= 0.6 is 0 Å². The molecule has 0 radical (unpaired) electrons. The van der Waals surface area contributed by atoms with Crippen LogP contribution in [0.2, 0.25) is 0 Å². The molecule has 0 saturated carbocycles. The zero-order valence-corrected chi connectivity index (χ0v) is 8.29. The minimum atomic E-state index is 0.758. The molecule has 2 aromatic rings. The van der Waals surface area contributed by atoms with E-state index in [0.29, 0.717) is 0 Å². The van der Waals surface area contributed by atoms with Crippen molar-refractivity contribution in [2.24, 2.45) is 0 Å². The average molecular weight is 187 g/mol. The Hall–Kier alpha value is -1.28. The predicted molar refractivity (Wildman–Crippen MR) is 56.3 cm³/mol. The molecular weight excluding hydrogens is 174 g/mol. The standard InChI is InChI=1S/C12H13NO/c1-9-2-3-12-10(6-9)7-11-8-14-5-4-13(11)12/h2-3,6-7H,4-5,8H2,1H3. The summed E-state index contributed by atoms with van der Waals surface area (Å²) in [5.41, 5.74) is 3.96. The van der Waals surface area contributed by atoms with Gasteiger partial charge in [-0.05, 0) is 25.1 Å². The number of hydrogen-bond donors (Lipinski definition) is 0. The van der Waals surface area contributed by atoms with E-state index in [9.17, 15) is 0 Å². The zero-order valence-electron chi connectivity index (χ0n) is 8.29. The summed E-state index contributed by atoms with van der Waals surface area (Å²) >= 11 is 0. The first-order valence-corrected chi connectivity index (χ1v) is 5.01. The Morgan fingerprint density at radius 2 is 2.21 bits per heavy atom. The number of rotatable bonds is 0. The average Bonchev–Trinajstić information content (AvgIpc) is 2.54. The Balaban J connectivity index is 2.31. The largest absolute Gasteiger partial charge is 0.373 e. The molecule has 0 N–H and O–H groups in total. The molecular formula is C12H13NO. The van der Waals surface area contributed by atoms with Gasteiger partial charge in [0.05, 0.1) is 13.2 Å². The van der Waals surface area contributed by atoms with E-state index >= 15 is 0 Å². The Kier molecular flexibility index (Phi) is 1.64. The van der Waals surface area contributed by atoms with Crippen LogP contribution < -0.4 is 0 Å². The fourth-order valence-corrected chi connectivity index (χ4v) is 2.16. The smallest absolute Gasteiger partial charge is 0.0869 e. The highest BCUT2D eigenvalue weighted by Gasteiger charge is 2.12. The summed E-state index contributed by atoms with van der Waals surface area (Å²) in [6.07, 6.45) is 0. The summed E-state index contributed by atoms with van der Waals surface area (Å²) in [4.78, 5) is 0. The minimum absolute atomic E-state index is 0.758. The van der Waals surface area contributed by atoms with Gasteiger partial charge in [0, 0.05) is 23.1 Å². The molecule has 1 aliphatic rings. The summed E-state index contributed by atoms with van der Waals surface area (Å²) in [6, 6.07) is 8.85. The van der Waals surface area contributed by atoms with E-state index in [4.69, 9.17) is 4.74 Å². The Morgan fingerprint density at radius 3 is 3.14 bits per heavy atom. The third kappa shape index (κ3) is 1.07. The van der Waals surface area contributed by atoms with Gasteiger partial charge in [-0.1, -0.05) is 11.6 Å². The van der Waals surface area contributed by atoms with Gasteiger partial charge >= 0.3 is 0 Å². The molecule has 72 valence electrons. The summed E-state index contributed by atoms with van der Waals surface area (Å²) in [5, 5.41) is 1.34. The van der Waals surface area contributed by atoms with Gasteiger partial charge in [0.1, 0.15) is 0 Å². The van der Waals surface area contributed by atoms with Gasteiger partial charge in [-0.15, -0.1) is 0 Å². The van der Waals surface area contributed by atoms with Crippen LogP contribution in [-0.4, -0.2) is 11.2 Å². The number of hydrogen-bond acceptors (Lipinski definition) is 1. The molecule has 0 fully saturated rings. The summed E-state index contributed by atoms with van der Waals surface area (Å²) < 4.78 is 7.79. The highest BCUT2D eigenvalue weighted by Crippen LogP contribution is 2.23. The molecule has 2 heterocycles. The lowest BCUT2D eigenvalue weighted by Crippen LogP contribution is -2.15. The maximum atomic E-state index is 5.43. The zero-order chi connectivity index (χ0) is 9.54. The van der Waals surface area contributed by atoms with E-state index in [0.717, 1.165) is 19.8 Å². The SMILES string of the molecule is Cc1ccc2c(c1)cc1n2CCOC1. The van der Waals surface area contributed by atoms with Crippen molar-refractivity contribution in [2.75, 3.05) is 6.61 Å². The lowest BCUT2D eigenvalue weighted by Gasteiger charge is -2.16. The van der Waals surface area contributed by atoms with Crippen molar-refractivity contribution >= 4 is 10.9 Å². The quantitative estimate of drug-likeness (QED) is 0.618. The number of aromatic nitrogens is 1. The highest BCUT2D eigenvalue weighted by atomic mass is 16.5. The van der Waals surface area contributed by atoms with E-state index in [1.165, 1.54) is 22.2 Å². The van der Waals surface area contributed by atoms with Crippen molar-refractivity contribution in [3.63, 3.8) is 0 Å². The van der Waals surface area contributed by atoms with Gasteiger partial charge in [0.25, 0.3) is 0 Å². The summed E-state index contributed by atoms with van der Waals surface area (Å²) in [5.74, 6) is 0. The van der Waals surface area contributed by atoms with E-state index in [-0.39, 0.29) is 0 Å². The Labute approximate surface area is 83.1 Å². The second-order valence-corrected chi connectivity index (χ2v) is 3.90. The molecule has 2 nitrogen and oxygen atoms in total.